The number of sulfonamides is 1. The van der Waals surface area contributed by atoms with Crippen LogP contribution >= 0.6 is 12.2 Å². The number of carbonyl (C=O) groups excluding carboxylic acids is 1. The fourth-order valence-electron chi connectivity index (χ4n) is 2.52. The largest absolute Gasteiger partial charge is 0.392 e. The van der Waals surface area contributed by atoms with Crippen molar-refractivity contribution in [1.29, 1.82) is 0 Å². The van der Waals surface area contributed by atoms with Crippen LogP contribution in [0.2, 0.25) is 0 Å². The van der Waals surface area contributed by atoms with Crippen molar-refractivity contribution >= 4 is 33.1 Å². The first kappa shape index (κ1) is 12.7. The molecule has 3 N–H and O–H groups in total. The Morgan fingerprint density at radius 1 is 1.59 bits per heavy atom. The maximum absolute atomic E-state index is 12.1. The second kappa shape index (κ2) is 4.51. The van der Waals surface area contributed by atoms with E-state index in [2.05, 4.69) is 17.5 Å². The zero-order valence-corrected chi connectivity index (χ0v) is 10.9. The van der Waals surface area contributed by atoms with Gasteiger partial charge in [-0.15, -0.1) is 0 Å². The van der Waals surface area contributed by atoms with Crippen LogP contribution in [0.5, 0.6) is 0 Å². The van der Waals surface area contributed by atoms with Gasteiger partial charge in [-0.2, -0.15) is 4.31 Å². The standard InChI is InChI=1S/C9H15N3O3S2/c10-8(16)5-17(14,15)12-3-1-2-6-7(12)4-11-9(6)13/h6-7H,1-5H2,(H2,10,16)(H,11,13). The normalized spacial score (nSPS) is 29.8. The number of hydrogen-bond acceptors (Lipinski definition) is 4. The van der Waals surface area contributed by atoms with Crippen molar-refractivity contribution in [2.45, 2.75) is 18.9 Å². The minimum atomic E-state index is -3.49. The Hall–Kier alpha value is -0.730. The Bertz CT molecular complexity index is 448. The maximum atomic E-state index is 12.1. The number of nitrogens with two attached hydrogens (primary N) is 1. The SMILES string of the molecule is NC(=S)CS(=O)(=O)N1CCCC2C(=O)NCC21. The van der Waals surface area contributed by atoms with Crippen LogP contribution < -0.4 is 11.1 Å². The first-order valence-electron chi connectivity index (χ1n) is 5.47. The van der Waals surface area contributed by atoms with Gasteiger partial charge in [0.15, 0.2) is 0 Å². The van der Waals surface area contributed by atoms with E-state index in [1.165, 1.54) is 4.31 Å². The molecule has 0 aromatic heterocycles. The number of nitrogens with zero attached hydrogens (tertiary/aromatic N) is 1. The average Bonchev–Trinajstić information content (AvgIpc) is 2.58. The van der Waals surface area contributed by atoms with E-state index in [0.29, 0.717) is 19.5 Å². The van der Waals surface area contributed by atoms with Gasteiger partial charge in [-0.1, -0.05) is 12.2 Å². The Balaban J connectivity index is 2.21. The van der Waals surface area contributed by atoms with Crippen LogP contribution in [0.25, 0.3) is 0 Å². The van der Waals surface area contributed by atoms with Crippen molar-refractivity contribution in [2.75, 3.05) is 18.8 Å². The molecule has 0 spiro atoms. The highest BCUT2D eigenvalue weighted by Crippen LogP contribution is 2.29. The van der Waals surface area contributed by atoms with Crippen molar-refractivity contribution < 1.29 is 13.2 Å². The van der Waals surface area contributed by atoms with Crippen LogP contribution in [-0.4, -0.2) is 48.5 Å². The van der Waals surface area contributed by atoms with Gasteiger partial charge in [0.1, 0.15) is 5.75 Å². The molecule has 96 valence electrons. The molecule has 8 heteroatoms. The molecule has 17 heavy (non-hydrogen) atoms. The summed E-state index contributed by atoms with van der Waals surface area (Å²) in [6.45, 7) is 0.834. The van der Waals surface area contributed by atoms with Gasteiger partial charge in [0.05, 0.1) is 16.9 Å². The highest BCUT2D eigenvalue weighted by molar-refractivity contribution is 7.92. The third-order valence-electron chi connectivity index (χ3n) is 3.23. The van der Waals surface area contributed by atoms with Crippen LogP contribution in [0.4, 0.5) is 0 Å². The predicted octanol–water partition coefficient (Wildman–Crippen LogP) is -1.19. The number of nitrogens with one attached hydrogen (secondary N) is 1. The molecule has 2 rings (SSSR count). The van der Waals surface area contributed by atoms with E-state index in [-0.39, 0.29) is 28.6 Å². The van der Waals surface area contributed by atoms with Gasteiger partial charge in [-0.05, 0) is 12.8 Å². The van der Waals surface area contributed by atoms with Gasteiger partial charge >= 0.3 is 0 Å². The maximum Gasteiger partial charge on any atom is 0.224 e. The second-order valence-corrected chi connectivity index (χ2v) is 6.84. The lowest BCUT2D eigenvalue weighted by Crippen LogP contribution is -2.50. The number of rotatable bonds is 3. The summed E-state index contributed by atoms with van der Waals surface area (Å²) in [4.78, 5) is 11.5. The quantitative estimate of drug-likeness (QED) is 0.633. The van der Waals surface area contributed by atoms with Crippen LogP contribution in [-0.2, 0) is 14.8 Å². The number of carbonyl (C=O) groups is 1. The summed E-state index contributed by atoms with van der Waals surface area (Å²) in [5.74, 6) is -0.588. The molecule has 0 aliphatic carbocycles. The molecule has 2 atom stereocenters. The number of thiocarbonyl (C=S) groups is 1. The molecule has 2 fully saturated rings. The molecule has 2 unspecified atom stereocenters. The third-order valence-corrected chi connectivity index (χ3v) is 5.40. The Morgan fingerprint density at radius 2 is 2.29 bits per heavy atom. The van der Waals surface area contributed by atoms with E-state index in [1.54, 1.807) is 0 Å². The van der Waals surface area contributed by atoms with Gasteiger partial charge in [0.25, 0.3) is 0 Å². The summed E-state index contributed by atoms with van der Waals surface area (Å²) < 4.78 is 25.5. The lowest BCUT2D eigenvalue weighted by molar-refractivity contribution is -0.123. The number of amides is 1. The molecular weight excluding hydrogens is 262 g/mol. The van der Waals surface area contributed by atoms with E-state index in [1.807, 2.05) is 0 Å². The lowest BCUT2D eigenvalue weighted by Gasteiger charge is -2.34. The van der Waals surface area contributed by atoms with E-state index < -0.39 is 10.0 Å². The third kappa shape index (κ3) is 2.43. The number of fused-ring (bicyclic) bond motifs is 1. The van der Waals surface area contributed by atoms with E-state index in [9.17, 15) is 13.2 Å². The van der Waals surface area contributed by atoms with E-state index in [4.69, 9.17) is 5.73 Å². The fraction of sp³-hybridized carbons (Fsp3) is 0.778. The Labute approximate surface area is 106 Å². The minimum Gasteiger partial charge on any atom is -0.392 e. The summed E-state index contributed by atoms with van der Waals surface area (Å²) in [6, 6.07) is -0.268. The summed E-state index contributed by atoms with van der Waals surface area (Å²) in [7, 11) is -3.49. The number of piperidine rings is 1. The molecule has 1 amide bonds. The second-order valence-electron chi connectivity index (χ2n) is 4.39. The predicted molar refractivity (Wildman–Crippen MR) is 66.8 cm³/mol. The van der Waals surface area contributed by atoms with Crippen molar-refractivity contribution in [3.8, 4) is 0 Å². The Morgan fingerprint density at radius 3 is 2.94 bits per heavy atom. The molecule has 0 radical (unpaired) electrons. The highest BCUT2D eigenvalue weighted by Gasteiger charge is 2.45. The molecule has 2 saturated heterocycles. The topological polar surface area (TPSA) is 92.5 Å². The summed E-state index contributed by atoms with van der Waals surface area (Å²) in [6.07, 6.45) is 1.45. The van der Waals surface area contributed by atoms with Crippen LogP contribution in [0, 0.1) is 5.92 Å². The fourth-order valence-corrected chi connectivity index (χ4v) is 4.53. The zero-order chi connectivity index (χ0) is 12.6. The molecular formula is C9H15N3O3S2. The highest BCUT2D eigenvalue weighted by atomic mass is 32.2. The molecule has 2 aliphatic rings. The van der Waals surface area contributed by atoms with Crippen molar-refractivity contribution in [3.63, 3.8) is 0 Å². The Kier molecular flexibility index (Phi) is 3.37. The monoisotopic (exact) mass is 277 g/mol. The smallest absolute Gasteiger partial charge is 0.224 e. The van der Waals surface area contributed by atoms with Gasteiger partial charge in [0, 0.05) is 13.1 Å². The van der Waals surface area contributed by atoms with Crippen LogP contribution in [0.1, 0.15) is 12.8 Å². The molecule has 0 aromatic rings. The van der Waals surface area contributed by atoms with Crippen molar-refractivity contribution in [1.82, 2.24) is 9.62 Å². The van der Waals surface area contributed by atoms with Crippen molar-refractivity contribution in [3.05, 3.63) is 0 Å². The summed E-state index contributed by atoms with van der Waals surface area (Å²) >= 11 is 4.65. The molecule has 6 nitrogen and oxygen atoms in total. The van der Waals surface area contributed by atoms with E-state index in [0.717, 1.165) is 6.42 Å². The van der Waals surface area contributed by atoms with Crippen LogP contribution in [0.15, 0.2) is 0 Å². The van der Waals surface area contributed by atoms with Gasteiger partial charge in [-0.25, -0.2) is 8.42 Å². The van der Waals surface area contributed by atoms with E-state index >= 15 is 0 Å². The van der Waals surface area contributed by atoms with Gasteiger partial charge < -0.3 is 11.1 Å². The zero-order valence-electron chi connectivity index (χ0n) is 9.26. The summed E-state index contributed by atoms with van der Waals surface area (Å²) in [5, 5.41) is 2.71. The van der Waals surface area contributed by atoms with Crippen molar-refractivity contribution in [2.24, 2.45) is 11.7 Å². The van der Waals surface area contributed by atoms with Gasteiger partial charge in [-0.3, -0.25) is 4.79 Å². The van der Waals surface area contributed by atoms with Gasteiger partial charge in [0.2, 0.25) is 15.9 Å². The molecule has 0 aromatic carbocycles. The molecule has 2 heterocycles. The molecule has 2 aliphatic heterocycles. The molecule has 0 saturated carbocycles. The first-order chi connectivity index (χ1) is 7.92. The summed E-state index contributed by atoms with van der Waals surface area (Å²) in [5.41, 5.74) is 5.29. The minimum absolute atomic E-state index is 0.0376. The molecule has 0 bridgehead atoms. The first-order valence-corrected chi connectivity index (χ1v) is 7.49. The lowest BCUT2D eigenvalue weighted by atomic mass is 9.93. The average molecular weight is 277 g/mol. The van der Waals surface area contributed by atoms with Crippen LogP contribution in [0.3, 0.4) is 0 Å². The number of hydrogen-bond donors (Lipinski definition) is 2.